The maximum absolute atomic E-state index is 12.4. The lowest BCUT2D eigenvalue weighted by Gasteiger charge is -2.31. The molecule has 1 aromatic carbocycles. The second-order valence-electron chi connectivity index (χ2n) is 5.33. The lowest BCUT2D eigenvalue weighted by Crippen LogP contribution is -2.42. The van der Waals surface area contributed by atoms with Gasteiger partial charge in [0, 0.05) is 20.0 Å². The first-order valence-electron chi connectivity index (χ1n) is 7.26. The molecule has 1 heterocycles. The van der Waals surface area contributed by atoms with Crippen LogP contribution in [0.4, 0.5) is 5.69 Å². The smallest absolute Gasteiger partial charge is 0.339 e. The number of piperidine rings is 1. The number of hydrogen-bond acceptors (Lipinski definition) is 4. The fourth-order valence-electron chi connectivity index (χ4n) is 2.59. The van der Waals surface area contributed by atoms with E-state index in [1.807, 2.05) is 0 Å². The van der Waals surface area contributed by atoms with Crippen LogP contribution in [0.3, 0.4) is 0 Å². The largest absolute Gasteiger partial charge is 0.465 e. The highest BCUT2D eigenvalue weighted by Crippen LogP contribution is 2.21. The van der Waals surface area contributed by atoms with Gasteiger partial charge in [0.1, 0.15) is 0 Å². The Bertz CT molecular complexity index is 585. The summed E-state index contributed by atoms with van der Waals surface area (Å²) in [6, 6.07) is 6.71. The van der Waals surface area contributed by atoms with Crippen molar-refractivity contribution in [1.82, 2.24) is 4.90 Å². The number of nitrogens with one attached hydrogen (secondary N) is 1. The van der Waals surface area contributed by atoms with Crippen LogP contribution in [-0.2, 0) is 14.3 Å². The number of anilines is 1. The first-order chi connectivity index (χ1) is 10.5. The van der Waals surface area contributed by atoms with E-state index in [0.717, 1.165) is 12.8 Å². The molecule has 1 fully saturated rings. The standard InChI is InChI=1S/C16H20N2O4/c1-11(19)18-9-5-6-12(10-18)15(20)17-14-8-4-3-7-13(14)16(21)22-2/h3-4,7-8,12H,5-6,9-10H2,1-2H3,(H,17,20). The lowest BCUT2D eigenvalue weighted by molar-refractivity contribution is -0.132. The number of nitrogens with zero attached hydrogens (tertiary/aromatic N) is 1. The highest BCUT2D eigenvalue weighted by molar-refractivity contribution is 6.02. The van der Waals surface area contributed by atoms with Gasteiger partial charge < -0.3 is 15.0 Å². The number of amides is 2. The Morgan fingerprint density at radius 3 is 2.68 bits per heavy atom. The number of ether oxygens (including phenoxy) is 1. The zero-order valence-corrected chi connectivity index (χ0v) is 12.8. The molecule has 0 bridgehead atoms. The van der Waals surface area contributed by atoms with Gasteiger partial charge in [-0.3, -0.25) is 9.59 Å². The molecule has 0 saturated carbocycles. The molecule has 1 atom stereocenters. The zero-order valence-electron chi connectivity index (χ0n) is 12.8. The summed E-state index contributed by atoms with van der Waals surface area (Å²) in [5.41, 5.74) is 0.747. The van der Waals surface area contributed by atoms with Crippen LogP contribution in [-0.4, -0.2) is 42.9 Å². The third-order valence-corrected chi connectivity index (χ3v) is 3.83. The summed E-state index contributed by atoms with van der Waals surface area (Å²) in [6.07, 6.45) is 1.53. The number of esters is 1. The average molecular weight is 304 g/mol. The molecule has 0 spiro atoms. The summed E-state index contributed by atoms with van der Waals surface area (Å²) in [6.45, 7) is 2.62. The number of carbonyl (C=O) groups is 3. The Morgan fingerprint density at radius 2 is 2.00 bits per heavy atom. The third-order valence-electron chi connectivity index (χ3n) is 3.83. The molecule has 2 amide bonds. The van der Waals surface area contributed by atoms with Gasteiger partial charge in [-0.25, -0.2) is 4.79 Å². The Kier molecular flexibility index (Phi) is 5.14. The van der Waals surface area contributed by atoms with Crippen LogP contribution < -0.4 is 5.32 Å². The van der Waals surface area contributed by atoms with Gasteiger partial charge in [-0.1, -0.05) is 12.1 Å². The van der Waals surface area contributed by atoms with Crippen molar-refractivity contribution in [2.75, 3.05) is 25.5 Å². The number of hydrogen-bond donors (Lipinski definition) is 1. The van der Waals surface area contributed by atoms with Crippen molar-refractivity contribution in [1.29, 1.82) is 0 Å². The third kappa shape index (κ3) is 3.63. The Balaban J connectivity index is 2.09. The maximum atomic E-state index is 12.4. The molecule has 0 radical (unpaired) electrons. The van der Waals surface area contributed by atoms with Crippen LogP contribution in [0.5, 0.6) is 0 Å². The van der Waals surface area contributed by atoms with Gasteiger partial charge in [0.05, 0.1) is 24.3 Å². The zero-order chi connectivity index (χ0) is 16.1. The highest BCUT2D eigenvalue weighted by atomic mass is 16.5. The van der Waals surface area contributed by atoms with Crippen molar-refractivity contribution in [3.8, 4) is 0 Å². The number of carbonyl (C=O) groups excluding carboxylic acids is 3. The molecule has 1 aliphatic rings. The van der Waals surface area contributed by atoms with Crippen molar-refractivity contribution >= 4 is 23.5 Å². The first-order valence-corrected chi connectivity index (χ1v) is 7.26. The lowest BCUT2D eigenvalue weighted by atomic mass is 9.97. The van der Waals surface area contributed by atoms with Crippen LogP contribution >= 0.6 is 0 Å². The van der Waals surface area contributed by atoms with E-state index in [0.29, 0.717) is 24.3 Å². The minimum absolute atomic E-state index is 0.0209. The minimum atomic E-state index is -0.495. The summed E-state index contributed by atoms with van der Waals surface area (Å²) in [4.78, 5) is 37.2. The molecule has 1 N–H and O–H groups in total. The highest BCUT2D eigenvalue weighted by Gasteiger charge is 2.27. The predicted molar refractivity (Wildman–Crippen MR) is 81.4 cm³/mol. The Morgan fingerprint density at radius 1 is 1.27 bits per heavy atom. The van der Waals surface area contributed by atoms with Gasteiger partial charge in [0.15, 0.2) is 0 Å². The Hall–Kier alpha value is -2.37. The molecule has 2 rings (SSSR count). The van der Waals surface area contributed by atoms with Gasteiger partial charge in [0.25, 0.3) is 0 Å². The molecular formula is C16H20N2O4. The number of rotatable bonds is 3. The van der Waals surface area contributed by atoms with E-state index in [1.165, 1.54) is 14.0 Å². The molecule has 6 heteroatoms. The minimum Gasteiger partial charge on any atom is -0.465 e. The summed E-state index contributed by atoms with van der Waals surface area (Å²) in [5.74, 6) is -0.956. The van der Waals surface area contributed by atoms with E-state index in [2.05, 4.69) is 5.32 Å². The molecule has 1 saturated heterocycles. The monoisotopic (exact) mass is 304 g/mol. The SMILES string of the molecule is COC(=O)c1ccccc1NC(=O)C1CCCN(C(C)=O)C1. The quantitative estimate of drug-likeness (QED) is 0.862. The Labute approximate surface area is 129 Å². The number of para-hydroxylation sites is 1. The van der Waals surface area contributed by atoms with E-state index in [4.69, 9.17) is 4.74 Å². The van der Waals surface area contributed by atoms with E-state index < -0.39 is 5.97 Å². The van der Waals surface area contributed by atoms with E-state index in [-0.39, 0.29) is 17.7 Å². The van der Waals surface area contributed by atoms with Crippen LogP contribution in [0.15, 0.2) is 24.3 Å². The summed E-state index contributed by atoms with van der Waals surface area (Å²) in [7, 11) is 1.30. The number of likely N-dealkylation sites (tertiary alicyclic amines) is 1. The van der Waals surface area contributed by atoms with Gasteiger partial charge >= 0.3 is 5.97 Å². The topological polar surface area (TPSA) is 75.7 Å². The van der Waals surface area contributed by atoms with E-state index in [9.17, 15) is 14.4 Å². The number of methoxy groups -OCH3 is 1. The molecule has 1 unspecified atom stereocenters. The molecule has 1 aromatic rings. The van der Waals surface area contributed by atoms with Crippen LogP contribution in [0.1, 0.15) is 30.1 Å². The molecular weight excluding hydrogens is 284 g/mol. The fourth-order valence-corrected chi connectivity index (χ4v) is 2.59. The summed E-state index contributed by atoms with van der Waals surface area (Å²) < 4.78 is 4.71. The van der Waals surface area contributed by atoms with Crippen molar-refractivity contribution in [2.45, 2.75) is 19.8 Å². The van der Waals surface area contributed by atoms with Crippen molar-refractivity contribution < 1.29 is 19.1 Å². The predicted octanol–water partition coefficient (Wildman–Crippen LogP) is 1.67. The fraction of sp³-hybridized carbons (Fsp3) is 0.438. The first kappa shape index (κ1) is 16.0. The van der Waals surface area contributed by atoms with Crippen LogP contribution in [0.25, 0.3) is 0 Å². The molecule has 6 nitrogen and oxygen atoms in total. The normalized spacial score (nSPS) is 17.7. The average Bonchev–Trinajstić information content (AvgIpc) is 2.54. The molecule has 22 heavy (non-hydrogen) atoms. The van der Waals surface area contributed by atoms with Crippen molar-refractivity contribution in [3.63, 3.8) is 0 Å². The second kappa shape index (κ2) is 7.06. The molecule has 0 aliphatic carbocycles. The number of benzene rings is 1. The van der Waals surface area contributed by atoms with Gasteiger partial charge in [0.2, 0.25) is 11.8 Å². The molecule has 1 aliphatic heterocycles. The van der Waals surface area contributed by atoms with Crippen molar-refractivity contribution in [2.24, 2.45) is 5.92 Å². The van der Waals surface area contributed by atoms with Gasteiger partial charge in [-0.15, -0.1) is 0 Å². The summed E-state index contributed by atoms with van der Waals surface area (Å²) in [5, 5.41) is 2.78. The molecule has 118 valence electrons. The van der Waals surface area contributed by atoms with Crippen molar-refractivity contribution in [3.05, 3.63) is 29.8 Å². The maximum Gasteiger partial charge on any atom is 0.339 e. The van der Waals surface area contributed by atoms with Gasteiger partial charge in [-0.05, 0) is 25.0 Å². The van der Waals surface area contributed by atoms with Crippen LogP contribution in [0.2, 0.25) is 0 Å². The molecule has 0 aromatic heterocycles. The second-order valence-corrected chi connectivity index (χ2v) is 5.33. The van der Waals surface area contributed by atoms with Crippen LogP contribution in [0, 0.1) is 5.92 Å². The summed E-state index contributed by atoms with van der Waals surface area (Å²) >= 11 is 0. The van der Waals surface area contributed by atoms with E-state index in [1.54, 1.807) is 29.2 Å². The van der Waals surface area contributed by atoms with Gasteiger partial charge in [-0.2, -0.15) is 0 Å². The van der Waals surface area contributed by atoms with E-state index >= 15 is 0 Å².